The molecule has 1 aromatic carbocycles. The number of hydrogen-bond donors (Lipinski definition) is 1. The van der Waals surface area contributed by atoms with Crippen LogP contribution in [0, 0.1) is 10.1 Å². The summed E-state index contributed by atoms with van der Waals surface area (Å²) >= 11 is 0. The third-order valence-corrected chi connectivity index (χ3v) is 3.18. The van der Waals surface area contributed by atoms with E-state index in [2.05, 4.69) is 5.32 Å². The molecular formula is C13H17N3O3. The van der Waals surface area contributed by atoms with E-state index in [-0.39, 0.29) is 29.2 Å². The van der Waals surface area contributed by atoms with Crippen molar-refractivity contribution in [2.45, 2.75) is 25.9 Å². The number of rotatable bonds is 2. The molecule has 0 aliphatic carbocycles. The van der Waals surface area contributed by atoms with Gasteiger partial charge in [-0.05, 0) is 19.9 Å². The monoisotopic (exact) mass is 263 g/mol. The van der Waals surface area contributed by atoms with Crippen molar-refractivity contribution in [3.8, 4) is 0 Å². The molecule has 1 heterocycles. The topological polar surface area (TPSA) is 75.5 Å². The molecule has 6 heteroatoms. The molecule has 6 nitrogen and oxygen atoms in total. The maximum absolute atomic E-state index is 12.4. The molecule has 1 aliphatic heterocycles. The molecule has 2 rings (SSSR count). The Labute approximate surface area is 111 Å². The number of benzene rings is 1. The first-order valence-corrected chi connectivity index (χ1v) is 6.27. The highest BCUT2D eigenvalue weighted by atomic mass is 16.6. The van der Waals surface area contributed by atoms with Crippen LogP contribution in [0.15, 0.2) is 24.3 Å². The van der Waals surface area contributed by atoms with Crippen molar-refractivity contribution >= 4 is 11.6 Å². The highest BCUT2D eigenvalue weighted by Gasteiger charge is 2.29. The van der Waals surface area contributed by atoms with Crippen LogP contribution in [0.1, 0.15) is 24.2 Å². The van der Waals surface area contributed by atoms with Crippen LogP contribution in [0.2, 0.25) is 0 Å². The third-order valence-electron chi connectivity index (χ3n) is 3.18. The molecule has 0 spiro atoms. The van der Waals surface area contributed by atoms with Gasteiger partial charge in [-0.25, -0.2) is 0 Å². The average molecular weight is 263 g/mol. The zero-order valence-corrected chi connectivity index (χ0v) is 11.0. The van der Waals surface area contributed by atoms with E-state index in [1.165, 1.54) is 12.1 Å². The number of nitrogens with zero attached hydrogens (tertiary/aromatic N) is 2. The minimum absolute atomic E-state index is 0.133. The second-order valence-electron chi connectivity index (χ2n) is 4.95. The van der Waals surface area contributed by atoms with Gasteiger partial charge in [0.25, 0.3) is 11.6 Å². The number of hydrogen-bond acceptors (Lipinski definition) is 4. The Balaban J connectivity index is 2.27. The molecule has 2 atom stereocenters. The van der Waals surface area contributed by atoms with E-state index in [1.807, 2.05) is 13.8 Å². The first kappa shape index (κ1) is 13.5. The molecular weight excluding hydrogens is 246 g/mol. The Hall–Kier alpha value is -1.95. The molecule has 0 saturated carbocycles. The largest absolute Gasteiger partial charge is 0.335 e. The predicted octanol–water partition coefficient (Wildman–Crippen LogP) is 1.42. The fourth-order valence-electron chi connectivity index (χ4n) is 2.48. The molecule has 1 aliphatic rings. The van der Waals surface area contributed by atoms with Crippen molar-refractivity contribution in [2.24, 2.45) is 0 Å². The summed E-state index contributed by atoms with van der Waals surface area (Å²) in [5.74, 6) is -0.271. The van der Waals surface area contributed by atoms with E-state index in [1.54, 1.807) is 17.0 Å². The number of para-hydroxylation sites is 1. The lowest BCUT2D eigenvalue weighted by atomic mass is 10.1. The normalized spacial score (nSPS) is 23.2. The molecule has 1 aromatic rings. The van der Waals surface area contributed by atoms with Crippen molar-refractivity contribution in [2.75, 3.05) is 13.1 Å². The first-order chi connectivity index (χ1) is 8.99. The summed E-state index contributed by atoms with van der Waals surface area (Å²) < 4.78 is 0. The highest BCUT2D eigenvalue weighted by Crippen LogP contribution is 2.20. The molecule has 1 saturated heterocycles. The lowest BCUT2D eigenvalue weighted by Crippen LogP contribution is -2.55. The second-order valence-corrected chi connectivity index (χ2v) is 4.95. The fourth-order valence-corrected chi connectivity index (χ4v) is 2.48. The summed E-state index contributed by atoms with van der Waals surface area (Å²) in [6.45, 7) is 5.12. The van der Waals surface area contributed by atoms with E-state index in [0.717, 1.165) is 0 Å². The molecule has 0 bridgehead atoms. The maximum atomic E-state index is 12.4. The highest BCUT2D eigenvalue weighted by molar-refractivity contribution is 5.98. The number of nitro benzene ring substituents is 1. The van der Waals surface area contributed by atoms with Gasteiger partial charge in [0.05, 0.1) is 4.92 Å². The first-order valence-electron chi connectivity index (χ1n) is 6.27. The minimum Gasteiger partial charge on any atom is -0.335 e. The van der Waals surface area contributed by atoms with Gasteiger partial charge in [0.1, 0.15) is 5.56 Å². The molecule has 19 heavy (non-hydrogen) atoms. The minimum atomic E-state index is -0.512. The SMILES string of the molecule is CC1CN(C(=O)c2ccccc2[N+](=O)[O-])CC(C)N1. The predicted molar refractivity (Wildman–Crippen MR) is 71.1 cm³/mol. The van der Waals surface area contributed by atoms with Gasteiger partial charge in [-0.1, -0.05) is 12.1 Å². The van der Waals surface area contributed by atoms with Gasteiger partial charge in [-0.15, -0.1) is 0 Å². The van der Waals surface area contributed by atoms with Gasteiger partial charge < -0.3 is 10.2 Å². The smallest absolute Gasteiger partial charge is 0.282 e. The second kappa shape index (κ2) is 5.36. The van der Waals surface area contributed by atoms with Gasteiger partial charge in [-0.2, -0.15) is 0 Å². The quantitative estimate of drug-likeness (QED) is 0.646. The van der Waals surface area contributed by atoms with Gasteiger partial charge in [0.2, 0.25) is 0 Å². The van der Waals surface area contributed by atoms with E-state index < -0.39 is 4.92 Å². The van der Waals surface area contributed by atoms with Crippen LogP contribution in [0.3, 0.4) is 0 Å². The number of amides is 1. The Bertz CT molecular complexity index is 494. The zero-order valence-electron chi connectivity index (χ0n) is 11.0. The Morgan fingerprint density at radius 1 is 1.32 bits per heavy atom. The number of carbonyl (C=O) groups excluding carboxylic acids is 1. The summed E-state index contributed by atoms with van der Waals surface area (Å²) in [6.07, 6.45) is 0. The van der Waals surface area contributed by atoms with Crippen LogP contribution in [-0.2, 0) is 0 Å². The lowest BCUT2D eigenvalue weighted by Gasteiger charge is -2.36. The summed E-state index contributed by atoms with van der Waals surface area (Å²) in [7, 11) is 0. The van der Waals surface area contributed by atoms with Crippen LogP contribution in [-0.4, -0.2) is 40.9 Å². The van der Waals surface area contributed by atoms with Gasteiger partial charge in [0, 0.05) is 31.2 Å². The molecule has 1 amide bonds. The summed E-state index contributed by atoms with van der Waals surface area (Å²) in [6, 6.07) is 6.47. The summed E-state index contributed by atoms with van der Waals surface area (Å²) in [4.78, 5) is 24.5. The maximum Gasteiger partial charge on any atom is 0.282 e. The third kappa shape index (κ3) is 2.90. The number of nitro groups is 1. The van der Waals surface area contributed by atoms with E-state index >= 15 is 0 Å². The Morgan fingerprint density at radius 3 is 2.47 bits per heavy atom. The molecule has 2 unspecified atom stereocenters. The Kier molecular flexibility index (Phi) is 3.80. The van der Waals surface area contributed by atoms with Crippen molar-refractivity contribution in [1.29, 1.82) is 0 Å². The van der Waals surface area contributed by atoms with Crippen molar-refractivity contribution in [1.82, 2.24) is 10.2 Å². The number of nitrogens with one attached hydrogen (secondary N) is 1. The van der Waals surface area contributed by atoms with E-state index in [4.69, 9.17) is 0 Å². The molecule has 0 radical (unpaired) electrons. The van der Waals surface area contributed by atoms with Crippen LogP contribution < -0.4 is 5.32 Å². The van der Waals surface area contributed by atoms with Gasteiger partial charge in [-0.3, -0.25) is 14.9 Å². The average Bonchev–Trinajstić information content (AvgIpc) is 2.36. The lowest BCUT2D eigenvalue weighted by molar-refractivity contribution is -0.385. The van der Waals surface area contributed by atoms with Gasteiger partial charge >= 0.3 is 0 Å². The van der Waals surface area contributed by atoms with Crippen molar-refractivity contribution < 1.29 is 9.72 Å². The molecule has 1 fully saturated rings. The number of carbonyl (C=O) groups is 1. The van der Waals surface area contributed by atoms with Gasteiger partial charge in [0.15, 0.2) is 0 Å². The summed E-state index contributed by atoms with van der Waals surface area (Å²) in [5.41, 5.74) is 0.0279. The van der Waals surface area contributed by atoms with Crippen molar-refractivity contribution in [3.05, 3.63) is 39.9 Å². The summed E-state index contributed by atoms with van der Waals surface area (Å²) in [5, 5.41) is 14.3. The molecule has 0 aromatic heterocycles. The standard InChI is InChI=1S/C13H17N3O3/c1-9-7-15(8-10(2)14-9)13(17)11-5-3-4-6-12(11)16(18)19/h3-6,9-10,14H,7-8H2,1-2H3. The molecule has 1 N–H and O–H groups in total. The van der Waals surface area contributed by atoms with Crippen LogP contribution >= 0.6 is 0 Å². The fraction of sp³-hybridized carbons (Fsp3) is 0.462. The van der Waals surface area contributed by atoms with Crippen LogP contribution in [0.5, 0.6) is 0 Å². The van der Waals surface area contributed by atoms with Crippen LogP contribution in [0.4, 0.5) is 5.69 Å². The molecule has 102 valence electrons. The number of piperazine rings is 1. The van der Waals surface area contributed by atoms with Crippen LogP contribution in [0.25, 0.3) is 0 Å². The van der Waals surface area contributed by atoms with E-state index in [9.17, 15) is 14.9 Å². The van der Waals surface area contributed by atoms with Crippen molar-refractivity contribution in [3.63, 3.8) is 0 Å². The Morgan fingerprint density at radius 2 is 1.89 bits per heavy atom. The van der Waals surface area contributed by atoms with E-state index in [0.29, 0.717) is 13.1 Å². The zero-order chi connectivity index (χ0) is 14.0.